The first-order valence-electron chi connectivity index (χ1n) is 1.33. The maximum atomic E-state index is 2.35. The third-order valence-corrected chi connectivity index (χ3v) is 0. The Balaban J connectivity index is 3.02. The van der Waals surface area contributed by atoms with Gasteiger partial charge in [-0.15, -0.1) is 0 Å². The van der Waals surface area contributed by atoms with Gasteiger partial charge in [-0.2, -0.15) is 0 Å². The van der Waals surface area contributed by atoms with Crippen molar-refractivity contribution >= 4 is 0 Å². The molecule has 0 rings (SSSR count). The van der Waals surface area contributed by atoms with Crippen LogP contribution in [0.3, 0.4) is 0 Å². The van der Waals surface area contributed by atoms with Gasteiger partial charge in [0.15, 0.2) is 0 Å². The van der Waals surface area contributed by atoms with E-state index < -0.39 is 14.8 Å². The van der Waals surface area contributed by atoms with Crippen LogP contribution in [-0.2, 0) is 14.8 Å². The van der Waals surface area contributed by atoms with Gasteiger partial charge >= 0.3 is 36.8 Å². The second-order valence-corrected chi connectivity index (χ2v) is 11.8. The van der Waals surface area contributed by atoms with Crippen LogP contribution in [0, 0.1) is 0 Å². The van der Waals surface area contributed by atoms with E-state index in [-0.39, 0.29) is 0 Å². The Morgan fingerprint density at radius 2 is 0.800 bits per heavy atom. The molecule has 0 unspecified atom stereocenters. The Hall–Kier alpha value is 0.623. The molecule has 0 bridgehead atoms. The zero-order valence-electron chi connectivity index (χ0n) is 4.33. The molecule has 0 atom stereocenters. The van der Waals surface area contributed by atoms with Gasteiger partial charge < -0.3 is 0 Å². The van der Waals surface area contributed by atoms with Gasteiger partial charge in [0.05, 0.1) is 0 Å². The molecule has 0 aliphatic rings. The molecule has 0 aromatic carbocycles. The van der Waals surface area contributed by atoms with E-state index in [1.54, 1.807) is 0 Å². The summed E-state index contributed by atoms with van der Waals surface area (Å²) in [6.45, 7) is 0. The summed E-state index contributed by atoms with van der Waals surface area (Å²) in [5.74, 6) is 0. The van der Waals surface area contributed by atoms with Crippen LogP contribution in [0.15, 0.2) is 0 Å². The molecule has 0 N–H and O–H groups in total. The van der Waals surface area contributed by atoms with Gasteiger partial charge in [0, 0.05) is 0 Å². The fourth-order valence-corrected chi connectivity index (χ4v) is 0. The first-order chi connectivity index (χ1) is 2.00. The molecular formula is C4H12Rh. The minimum absolute atomic E-state index is 0.780. The van der Waals surface area contributed by atoms with Crippen LogP contribution in [-0.4, -0.2) is 0 Å². The van der Waals surface area contributed by atoms with E-state index in [1.807, 2.05) is 0 Å². The average Bonchev–Trinajstić information content (AvgIpc) is 0.722. The molecule has 37 valence electrons. The second-order valence-electron chi connectivity index (χ2n) is 2.00. The van der Waals surface area contributed by atoms with Crippen LogP contribution >= 0.6 is 0 Å². The first kappa shape index (κ1) is 5.62. The van der Waals surface area contributed by atoms with Gasteiger partial charge in [0.25, 0.3) is 0 Å². The Bertz CT molecular complexity index is 19.1. The van der Waals surface area contributed by atoms with Crippen LogP contribution in [0.1, 0.15) is 0 Å². The summed E-state index contributed by atoms with van der Waals surface area (Å²) in [5.41, 5.74) is 9.39. The second kappa shape index (κ2) is 1.38. The van der Waals surface area contributed by atoms with E-state index in [1.165, 1.54) is 0 Å². The van der Waals surface area contributed by atoms with E-state index in [0.29, 0.717) is 0 Å². The van der Waals surface area contributed by atoms with Gasteiger partial charge in [0.2, 0.25) is 0 Å². The third-order valence-electron chi connectivity index (χ3n) is 0. The quantitative estimate of drug-likeness (QED) is 0.480. The molecule has 1 heteroatoms. The standard InChI is InChI=1S/4CH3.Rh/h4*1H3;. The van der Waals surface area contributed by atoms with Crippen LogP contribution in [0.25, 0.3) is 0 Å². The predicted molar refractivity (Wildman–Crippen MR) is 23.5 cm³/mol. The van der Waals surface area contributed by atoms with Crippen LogP contribution in [0.4, 0.5) is 0 Å². The van der Waals surface area contributed by atoms with Crippen molar-refractivity contribution in [3.05, 3.63) is 0 Å². The summed E-state index contributed by atoms with van der Waals surface area (Å²) in [4.78, 5) is 0. The van der Waals surface area contributed by atoms with E-state index in [0.717, 1.165) is 0 Å². The molecule has 0 aliphatic carbocycles. The third kappa shape index (κ3) is 81.9. The molecule has 0 fully saturated rings. The van der Waals surface area contributed by atoms with Crippen molar-refractivity contribution in [2.75, 3.05) is 0 Å². The van der Waals surface area contributed by atoms with E-state index in [4.69, 9.17) is 0 Å². The molecule has 0 aromatic rings. The first-order valence-corrected chi connectivity index (χ1v) is 7.89. The zero-order valence-corrected chi connectivity index (χ0v) is 5.97. The van der Waals surface area contributed by atoms with Crippen molar-refractivity contribution in [3.63, 3.8) is 0 Å². The van der Waals surface area contributed by atoms with Gasteiger partial charge in [-0.05, 0) is 0 Å². The Morgan fingerprint density at radius 1 is 0.800 bits per heavy atom. The average molecular weight is 163 g/mol. The van der Waals surface area contributed by atoms with Gasteiger partial charge in [-0.3, -0.25) is 0 Å². The summed E-state index contributed by atoms with van der Waals surface area (Å²) in [5, 5.41) is 0. The molecule has 0 aromatic heterocycles. The van der Waals surface area contributed by atoms with Crippen molar-refractivity contribution in [2.24, 2.45) is 0 Å². The zero-order chi connectivity index (χ0) is 4.50. The summed E-state index contributed by atoms with van der Waals surface area (Å²) < 4.78 is 0. The number of hydrogen-bond donors (Lipinski definition) is 0. The molecule has 0 amide bonds. The molecule has 0 saturated carbocycles. The summed E-state index contributed by atoms with van der Waals surface area (Å²) in [7, 11) is 0. The van der Waals surface area contributed by atoms with Crippen LogP contribution < -0.4 is 0 Å². The summed E-state index contributed by atoms with van der Waals surface area (Å²) in [6, 6.07) is 0. The van der Waals surface area contributed by atoms with Gasteiger partial charge in [-0.25, -0.2) is 0 Å². The van der Waals surface area contributed by atoms with Crippen molar-refractivity contribution in [2.45, 2.75) is 22.1 Å². The molecule has 5 heavy (non-hydrogen) atoms. The summed E-state index contributed by atoms with van der Waals surface area (Å²) >= 11 is -0.780. The number of hydrogen-bond acceptors (Lipinski definition) is 0. The van der Waals surface area contributed by atoms with Gasteiger partial charge in [0.1, 0.15) is 0 Å². The summed E-state index contributed by atoms with van der Waals surface area (Å²) in [6.07, 6.45) is 0. The van der Waals surface area contributed by atoms with Crippen molar-refractivity contribution < 1.29 is 14.8 Å². The molecule has 0 heterocycles. The number of rotatable bonds is 0. The monoisotopic (exact) mass is 163 g/mol. The predicted octanol–water partition coefficient (Wildman–Crippen LogP) is 2.33. The van der Waals surface area contributed by atoms with Crippen LogP contribution in [0.2, 0.25) is 22.1 Å². The molecule has 0 spiro atoms. The topological polar surface area (TPSA) is 0 Å². The Kier molecular flexibility index (Phi) is 1.56. The fourth-order valence-electron chi connectivity index (χ4n) is 0. The molecule has 0 saturated heterocycles. The molecular weight excluding hydrogens is 151 g/mol. The molecule has 0 nitrogen and oxygen atoms in total. The van der Waals surface area contributed by atoms with Crippen LogP contribution in [0.5, 0.6) is 0 Å². The minimum atomic E-state index is -0.780. The Labute approximate surface area is 37.4 Å². The van der Waals surface area contributed by atoms with Crippen molar-refractivity contribution in [1.82, 2.24) is 0 Å². The normalized spacial score (nSPS) is 15.2. The Morgan fingerprint density at radius 3 is 0.800 bits per heavy atom. The van der Waals surface area contributed by atoms with Crippen molar-refractivity contribution in [1.29, 1.82) is 0 Å². The van der Waals surface area contributed by atoms with E-state index in [2.05, 4.69) is 22.1 Å². The van der Waals surface area contributed by atoms with Gasteiger partial charge in [-0.1, -0.05) is 0 Å². The maximum absolute atomic E-state index is 2.35. The molecule has 0 radical (unpaired) electrons. The van der Waals surface area contributed by atoms with Crippen molar-refractivity contribution in [3.8, 4) is 0 Å². The van der Waals surface area contributed by atoms with E-state index in [9.17, 15) is 0 Å². The molecule has 0 aliphatic heterocycles. The SMILES string of the molecule is [CH3][Rh]([CH3])([CH3])[CH3]. The van der Waals surface area contributed by atoms with E-state index >= 15 is 0 Å². The fraction of sp³-hybridized carbons (Fsp3) is 1.00.